The molecule has 0 aliphatic carbocycles. The molecular weight excluding hydrogens is 632 g/mol. The second-order valence-corrected chi connectivity index (χ2v) is 11.2. The number of amides is 3. The molecule has 13 nitrogen and oxygen atoms in total. The van der Waals surface area contributed by atoms with Crippen LogP contribution in [0, 0.1) is 0 Å². The Morgan fingerprint density at radius 3 is 1.24 bits per heavy atom. The van der Waals surface area contributed by atoms with Gasteiger partial charge in [-0.1, -0.05) is 91.0 Å². The highest BCUT2D eigenvalue weighted by molar-refractivity contribution is 5.93. The molecule has 0 unspecified atom stereocenters. The number of benzene rings is 3. The molecule has 0 saturated carbocycles. The predicted octanol–water partition coefficient (Wildman–Crippen LogP) is 2.34. The van der Waals surface area contributed by atoms with Crippen LogP contribution < -0.4 is 22.1 Å². The molecule has 3 aromatic rings. The Kier molecular flexibility index (Phi) is 16.0. The molecule has 0 bridgehead atoms. The molecule has 0 radical (unpaired) electrons. The predicted molar refractivity (Wildman–Crippen MR) is 177 cm³/mol. The van der Waals surface area contributed by atoms with Crippen molar-refractivity contribution in [1.29, 1.82) is 0 Å². The molecule has 3 rings (SSSR count). The third kappa shape index (κ3) is 14.8. The molecule has 6 N–H and O–H groups in total. The van der Waals surface area contributed by atoms with Crippen molar-refractivity contribution >= 4 is 35.6 Å². The van der Waals surface area contributed by atoms with E-state index >= 15 is 0 Å². The van der Waals surface area contributed by atoms with Crippen molar-refractivity contribution in [2.24, 2.45) is 11.5 Å². The Morgan fingerprint density at radius 2 is 0.857 bits per heavy atom. The molecule has 0 aliphatic heterocycles. The third-order valence-corrected chi connectivity index (χ3v) is 7.29. The molecular formula is C36H42N4O9. The minimum absolute atomic E-state index is 0.0122. The van der Waals surface area contributed by atoms with Crippen LogP contribution in [0.4, 0.5) is 0 Å². The van der Waals surface area contributed by atoms with Gasteiger partial charge in [0.05, 0.1) is 6.04 Å². The maximum atomic E-state index is 13.3. The van der Waals surface area contributed by atoms with Gasteiger partial charge >= 0.3 is 17.9 Å². The van der Waals surface area contributed by atoms with Gasteiger partial charge < -0.3 is 36.3 Å². The van der Waals surface area contributed by atoms with Crippen LogP contribution in [0.5, 0.6) is 0 Å². The first kappa shape index (κ1) is 37.9. The van der Waals surface area contributed by atoms with Crippen molar-refractivity contribution in [1.82, 2.24) is 10.6 Å². The van der Waals surface area contributed by atoms with E-state index in [0.717, 1.165) is 16.7 Å². The fourth-order valence-electron chi connectivity index (χ4n) is 4.46. The maximum absolute atomic E-state index is 13.3. The Morgan fingerprint density at radius 1 is 0.510 bits per heavy atom. The molecule has 0 aromatic heterocycles. The van der Waals surface area contributed by atoms with Crippen LogP contribution in [0.15, 0.2) is 91.0 Å². The lowest BCUT2D eigenvalue weighted by molar-refractivity contribution is -0.146. The van der Waals surface area contributed by atoms with Gasteiger partial charge in [0.15, 0.2) is 0 Å². The van der Waals surface area contributed by atoms with Gasteiger partial charge in [0.25, 0.3) is 0 Å². The van der Waals surface area contributed by atoms with E-state index in [-0.39, 0.29) is 58.3 Å². The molecule has 3 aromatic carbocycles. The molecule has 0 spiro atoms. The molecule has 0 aliphatic rings. The maximum Gasteiger partial charge on any atom is 0.306 e. The summed E-state index contributed by atoms with van der Waals surface area (Å²) < 4.78 is 15.7. The second kappa shape index (κ2) is 20.6. The molecule has 13 heteroatoms. The standard InChI is InChI=1S/C36H42N4O9/c37-28(16-19-31(41)47-22-25-10-4-1-5-11-25)35(45)40-30(18-21-33(43)49-24-27-14-8-3-9-15-27)36(46)39-29(34(38)44)17-20-32(42)48-23-26-12-6-2-7-13-26/h1-15,28-30H,16-24,37H2,(H2,38,44)(H,39,46)(H,40,45)/t28-,29-,30+/m0/s1. The largest absolute Gasteiger partial charge is 0.461 e. The number of nitrogens with two attached hydrogens (primary N) is 2. The van der Waals surface area contributed by atoms with Gasteiger partial charge in [-0.3, -0.25) is 28.8 Å². The summed E-state index contributed by atoms with van der Waals surface area (Å²) in [6, 6.07) is 23.2. The van der Waals surface area contributed by atoms with E-state index in [9.17, 15) is 28.8 Å². The first-order chi connectivity index (χ1) is 23.6. The van der Waals surface area contributed by atoms with E-state index in [1.165, 1.54) is 0 Å². The summed E-state index contributed by atoms with van der Waals surface area (Å²) in [6.45, 7) is 0.112. The summed E-state index contributed by atoms with van der Waals surface area (Å²) in [5.74, 6) is -4.32. The van der Waals surface area contributed by atoms with Crippen LogP contribution in [-0.2, 0) is 62.8 Å². The molecule has 3 atom stereocenters. The average Bonchev–Trinajstić information content (AvgIpc) is 3.12. The van der Waals surface area contributed by atoms with Crippen LogP contribution in [0.25, 0.3) is 0 Å². The summed E-state index contributed by atoms with van der Waals surface area (Å²) in [5, 5.41) is 4.95. The monoisotopic (exact) mass is 674 g/mol. The Labute approximate surface area is 284 Å². The van der Waals surface area contributed by atoms with Crippen LogP contribution in [0.3, 0.4) is 0 Å². The van der Waals surface area contributed by atoms with Crippen molar-refractivity contribution in [3.63, 3.8) is 0 Å². The number of ether oxygens (including phenoxy) is 3. The highest BCUT2D eigenvalue weighted by atomic mass is 16.5. The quantitative estimate of drug-likeness (QED) is 0.102. The van der Waals surface area contributed by atoms with E-state index in [1.54, 1.807) is 60.7 Å². The summed E-state index contributed by atoms with van der Waals surface area (Å²) in [7, 11) is 0. The summed E-state index contributed by atoms with van der Waals surface area (Å²) in [4.78, 5) is 75.5. The topological polar surface area (TPSA) is 206 Å². The highest BCUT2D eigenvalue weighted by Crippen LogP contribution is 2.09. The van der Waals surface area contributed by atoms with E-state index < -0.39 is 53.8 Å². The number of esters is 3. The molecule has 3 amide bonds. The van der Waals surface area contributed by atoms with Gasteiger partial charge in [0.2, 0.25) is 17.7 Å². The number of primary amides is 1. The molecule has 49 heavy (non-hydrogen) atoms. The number of nitrogens with one attached hydrogen (secondary N) is 2. The number of carbonyl (C=O) groups is 6. The number of hydrogen-bond donors (Lipinski definition) is 4. The van der Waals surface area contributed by atoms with Crippen LogP contribution in [-0.4, -0.2) is 53.8 Å². The van der Waals surface area contributed by atoms with Crippen molar-refractivity contribution in [3.05, 3.63) is 108 Å². The van der Waals surface area contributed by atoms with Crippen LogP contribution in [0.1, 0.15) is 55.2 Å². The Hall–Kier alpha value is -5.56. The van der Waals surface area contributed by atoms with E-state index in [1.807, 2.05) is 30.3 Å². The summed E-state index contributed by atoms with van der Waals surface area (Å²) in [6.07, 6.45) is -1.11. The molecule has 0 heterocycles. The number of rotatable bonds is 20. The van der Waals surface area contributed by atoms with Crippen molar-refractivity contribution < 1.29 is 43.0 Å². The molecule has 0 fully saturated rings. The normalized spacial score (nSPS) is 12.4. The van der Waals surface area contributed by atoms with Gasteiger partial charge in [-0.25, -0.2) is 0 Å². The van der Waals surface area contributed by atoms with Gasteiger partial charge in [-0.15, -0.1) is 0 Å². The number of carbonyl (C=O) groups excluding carboxylic acids is 6. The second-order valence-electron chi connectivity index (χ2n) is 11.2. The average molecular weight is 675 g/mol. The lowest BCUT2D eigenvalue weighted by Gasteiger charge is -2.23. The van der Waals surface area contributed by atoms with Gasteiger partial charge in [0.1, 0.15) is 31.9 Å². The van der Waals surface area contributed by atoms with Gasteiger partial charge in [-0.2, -0.15) is 0 Å². The zero-order valence-corrected chi connectivity index (χ0v) is 27.1. The summed E-state index contributed by atoms with van der Waals surface area (Å²) in [5.41, 5.74) is 13.9. The first-order valence-corrected chi connectivity index (χ1v) is 15.8. The third-order valence-electron chi connectivity index (χ3n) is 7.29. The SMILES string of the molecule is NC(=O)[C@H](CCC(=O)OCc1ccccc1)NC(=O)[C@@H](CCC(=O)OCc1ccccc1)NC(=O)[C@@H](N)CCC(=O)OCc1ccccc1. The van der Waals surface area contributed by atoms with Gasteiger partial charge in [-0.05, 0) is 36.0 Å². The Balaban J connectivity index is 1.56. The lowest BCUT2D eigenvalue weighted by atomic mass is 10.1. The zero-order valence-electron chi connectivity index (χ0n) is 27.1. The minimum atomic E-state index is -1.33. The van der Waals surface area contributed by atoms with Crippen molar-refractivity contribution in [3.8, 4) is 0 Å². The molecule has 260 valence electrons. The molecule has 0 saturated heterocycles. The lowest BCUT2D eigenvalue weighted by Crippen LogP contribution is -2.55. The van der Waals surface area contributed by atoms with Crippen LogP contribution >= 0.6 is 0 Å². The minimum Gasteiger partial charge on any atom is -0.461 e. The van der Waals surface area contributed by atoms with E-state index in [4.69, 9.17) is 25.7 Å². The van der Waals surface area contributed by atoms with Crippen molar-refractivity contribution in [2.75, 3.05) is 0 Å². The summed E-state index contributed by atoms with van der Waals surface area (Å²) >= 11 is 0. The Bertz CT molecular complexity index is 1520. The van der Waals surface area contributed by atoms with E-state index in [2.05, 4.69) is 10.6 Å². The van der Waals surface area contributed by atoms with Crippen molar-refractivity contribution in [2.45, 2.75) is 76.5 Å². The van der Waals surface area contributed by atoms with E-state index in [0.29, 0.717) is 0 Å². The fourth-order valence-corrected chi connectivity index (χ4v) is 4.46. The fraction of sp³-hybridized carbons (Fsp3) is 0.333. The van der Waals surface area contributed by atoms with Crippen LogP contribution in [0.2, 0.25) is 0 Å². The highest BCUT2D eigenvalue weighted by Gasteiger charge is 2.29. The smallest absolute Gasteiger partial charge is 0.306 e. The zero-order chi connectivity index (χ0) is 35.4. The first-order valence-electron chi connectivity index (χ1n) is 15.8. The van der Waals surface area contributed by atoms with Gasteiger partial charge in [0, 0.05) is 19.3 Å². The number of hydrogen-bond acceptors (Lipinski definition) is 10.